The van der Waals surface area contributed by atoms with E-state index in [1.54, 1.807) is 39.5 Å². The zero-order chi connectivity index (χ0) is 26.5. The molecule has 0 aliphatic heterocycles. The lowest BCUT2D eigenvalue weighted by molar-refractivity contribution is -0.224. The maximum atomic E-state index is 13.0. The molecule has 2 aromatic heterocycles. The molecule has 37 heavy (non-hydrogen) atoms. The summed E-state index contributed by atoms with van der Waals surface area (Å²) in [6, 6.07) is 14.6. The lowest BCUT2D eigenvalue weighted by Gasteiger charge is -2.28. The van der Waals surface area contributed by atoms with Gasteiger partial charge in [-0.2, -0.15) is 0 Å². The molecule has 0 atom stereocenters. The van der Waals surface area contributed by atoms with E-state index in [4.69, 9.17) is 23.8 Å². The highest BCUT2D eigenvalue weighted by atomic mass is 16.7. The number of aryl methyl sites for hydroxylation is 1. The highest BCUT2D eigenvalue weighted by Gasteiger charge is 2.36. The zero-order valence-electron chi connectivity index (χ0n) is 21.3. The van der Waals surface area contributed by atoms with Crippen LogP contribution in [0, 0.1) is 0 Å². The van der Waals surface area contributed by atoms with Crippen molar-refractivity contribution in [1.29, 1.82) is 0 Å². The Labute approximate surface area is 214 Å². The van der Waals surface area contributed by atoms with E-state index >= 15 is 0 Å². The molecule has 3 rings (SSSR count). The summed E-state index contributed by atoms with van der Waals surface area (Å²) in [5.41, 5.74) is 1.79. The summed E-state index contributed by atoms with van der Waals surface area (Å²) in [7, 11) is 4.80. The van der Waals surface area contributed by atoms with Crippen LogP contribution in [-0.4, -0.2) is 83.2 Å². The van der Waals surface area contributed by atoms with Crippen LogP contribution in [0.5, 0.6) is 0 Å². The lowest BCUT2D eigenvalue weighted by Crippen LogP contribution is -2.46. The van der Waals surface area contributed by atoms with Gasteiger partial charge in [0.05, 0.1) is 32.1 Å². The van der Waals surface area contributed by atoms with Crippen molar-refractivity contribution in [1.82, 2.24) is 25.2 Å². The van der Waals surface area contributed by atoms with Gasteiger partial charge in [0.1, 0.15) is 5.82 Å². The smallest absolute Gasteiger partial charge is 0.285 e. The van der Waals surface area contributed by atoms with Crippen molar-refractivity contribution in [3.63, 3.8) is 0 Å². The van der Waals surface area contributed by atoms with Crippen LogP contribution < -0.4 is 5.32 Å². The van der Waals surface area contributed by atoms with E-state index in [-0.39, 0.29) is 19.8 Å². The molecule has 0 radical (unpaired) electrons. The number of methoxy groups -OCH3 is 2. The minimum Gasteiger partial charge on any atom is -0.389 e. The van der Waals surface area contributed by atoms with Gasteiger partial charge in [-0.15, -0.1) is 5.10 Å². The average Bonchev–Trinajstić information content (AvgIpc) is 3.33. The Morgan fingerprint density at radius 3 is 2.32 bits per heavy atom. The van der Waals surface area contributed by atoms with Crippen LogP contribution in [0.15, 0.2) is 53.7 Å². The SMILES string of the molecule is COCCOC(C)(OCCOC)C(=O)Nc1cccc(CON=C(c2ccccc2)c2nnnn2C)n1. The van der Waals surface area contributed by atoms with Gasteiger partial charge in [0.15, 0.2) is 12.3 Å². The second-order valence-corrected chi connectivity index (χ2v) is 7.80. The Kier molecular flexibility index (Phi) is 10.6. The van der Waals surface area contributed by atoms with Crippen molar-refractivity contribution in [2.45, 2.75) is 19.3 Å². The van der Waals surface area contributed by atoms with Gasteiger partial charge in [0.25, 0.3) is 5.91 Å². The number of hydrogen-bond donors (Lipinski definition) is 1. The number of anilines is 1. The number of ether oxygens (including phenoxy) is 4. The van der Waals surface area contributed by atoms with Crippen LogP contribution in [0.3, 0.4) is 0 Å². The number of oxime groups is 1. The Morgan fingerprint density at radius 2 is 1.70 bits per heavy atom. The monoisotopic (exact) mass is 513 g/mol. The molecule has 0 unspecified atom stereocenters. The molecule has 0 aliphatic rings. The highest BCUT2D eigenvalue weighted by Crippen LogP contribution is 2.17. The molecular formula is C24H31N7O6. The number of tetrazole rings is 1. The Hall–Kier alpha value is -3.78. The normalized spacial score (nSPS) is 11.9. The molecule has 0 saturated carbocycles. The second-order valence-electron chi connectivity index (χ2n) is 7.80. The van der Waals surface area contributed by atoms with Crippen LogP contribution in [0.25, 0.3) is 0 Å². The summed E-state index contributed by atoms with van der Waals surface area (Å²) in [6.07, 6.45) is 0. The summed E-state index contributed by atoms with van der Waals surface area (Å²) < 4.78 is 22.8. The third-order valence-electron chi connectivity index (χ3n) is 5.04. The van der Waals surface area contributed by atoms with Crippen molar-refractivity contribution in [3.05, 3.63) is 65.6 Å². The quantitative estimate of drug-likeness (QED) is 0.138. The molecule has 0 bridgehead atoms. The molecule has 198 valence electrons. The van der Waals surface area contributed by atoms with E-state index in [2.05, 4.69) is 31.0 Å². The third kappa shape index (κ3) is 8.11. The largest absolute Gasteiger partial charge is 0.389 e. The van der Waals surface area contributed by atoms with E-state index in [1.165, 1.54) is 11.6 Å². The summed E-state index contributed by atoms with van der Waals surface area (Å²) in [4.78, 5) is 23.0. The summed E-state index contributed by atoms with van der Waals surface area (Å²) in [5, 5.41) is 18.6. The van der Waals surface area contributed by atoms with Gasteiger partial charge in [0, 0.05) is 26.8 Å². The summed E-state index contributed by atoms with van der Waals surface area (Å²) >= 11 is 0. The van der Waals surface area contributed by atoms with Gasteiger partial charge < -0.3 is 29.1 Å². The van der Waals surface area contributed by atoms with Crippen molar-refractivity contribution >= 4 is 17.4 Å². The molecule has 2 heterocycles. The number of benzene rings is 1. The molecule has 13 nitrogen and oxygen atoms in total. The van der Waals surface area contributed by atoms with Crippen molar-refractivity contribution in [3.8, 4) is 0 Å². The predicted octanol–water partition coefficient (Wildman–Crippen LogP) is 1.55. The molecular weight excluding hydrogens is 482 g/mol. The van der Waals surface area contributed by atoms with Gasteiger partial charge >= 0.3 is 0 Å². The third-order valence-corrected chi connectivity index (χ3v) is 5.04. The molecule has 0 fully saturated rings. The molecule has 0 saturated heterocycles. The van der Waals surface area contributed by atoms with Crippen LogP contribution >= 0.6 is 0 Å². The fourth-order valence-electron chi connectivity index (χ4n) is 3.08. The number of rotatable bonds is 15. The van der Waals surface area contributed by atoms with E-state index in [0.29, 0.717) is 36.3 Å². The Balaban J connectivity index is 1.69. The van der Waals surface area contributed by atoms with Crippen LogP contribution in [0.4, 0.5) is 5.82 Å². The fraction of sp³-hybridized carbons (Fsp3) is 0.417. The maximum absolute atomic E-state index is 13.0. The lowest BCUT2D eigenvalue weighted by atomic mass is 10.1. The molecule has 13 heteroatoms. The molecule has 1 amide bonds. The number of carbonyl (C=O) groups is 1. The first-order chi connectivity index (χ1) is 18.0. The predicted molar refractivity (Wildman–Crippen MR) is 133 cm³/mol. The van der Waals surface area contributed by atoms with Gasteiger partial charge in [-0.25, -0.2) is 9.67 Å². The van der Waals surface area contributed by atoms with Crippen molar-refractivity contribution in [2.24, 2.45) is 12.2 Å². The number of pyridine rings is 1. The fourth-order valence-corrected chi connectivity index (χ4v) is 3.08. The van der Waals surface area contributed by atoms with Crippen LogP contribution in [0.1, 0.15) is 24.0 Å². The van der Waals surface area contributed by atoms with Gasteiger partial charge in [-0.05, 0) is 29.5 Å². The molecule has 3 aromatic rings. The highest BCUT2D eigenvalue weighted by molar-refractivity contribution is 6.10. The topological polar surface area (TPSA) is 144 Å². The Morgan fingerprint density at radius 1 is 1.00 bits per heavy atom. The average molecular weight is 514 g/mol. The standard InChI is InChI=1S/C24H31N7O6/c1-24(35-15-13-33-3,36-16-14-34-4)23(32)26-20-12-8-11-19(25-20)17-37-28-21(18-9-6-5-7-10-18)22-27-29-30-31(22)2/h5-12H,13-17H2,1-4H3,(H,25,26,32). The minimum absolute atomic E-state index is 0.0390. The van der Waals surface area contributed by atoms with Crippen molar-refractivity contribution in [2.75, 3.05) is 46.0 Å². The number of carbonyl (C=O) groups excluding carboxylic acids is 1. The Bertz CT molecular complexity index is 1150. The second kappa shape index (κ2) is 14.1. The van der Waals surface area contributed by atoms with Crippen LogP contribution in [0.2, 0.25) is 0 Å². The van der Waals surface area contributed by atoms with Crippen molar-refractivity contribution < 1.29 is 28.6 Å². The maximum Gasteiger partial charge on any atom is 0.285 e. The van der Waals surface area contributed by atoms with Gasteiger partial charge in [0.2, 0.25) is 11.6 Å². The van der Waals surface area contributed by atoms with E-state index in [1.807, 2.05) is 30.3 Å². The molecule has 1 N–H and O–H groups in total. The first-order valence-electron chi connectivity index (χ1n) is 11.5. The number of amides is 1. The number of aromatic nitrogens is 5. The van der Waals surface area contributed by atoms with Gasteiger partial charge in [-0.3, -0.25) is 4.79 Å². The number of hydrogen-bond acceptors (Lipinski definition) is 11. The zero-order valence-corrected chi connectivity index (χ0v) is 21.3. The van der Waals surface area contributed by atoms with E-state index in [0.717, 1.165) is 5.56 Å². The summed E-state index contributed by atoms with van der Waals surface area (Å²) in [6.45, 7) is 2.50. The number of nitrogens with one attached hydrogen (secondary N) is 1. The molecule has 0 spiro atoms. The first-order valence-corrected chi connectivity index (χ1v) is 11.5. The molecule has 0 aliphatic carbocycles. The number of nitrogens with zero attached hydrogens (tertiary/aromatic N) is 6. The van der Waals surface area contributed by atoms with Gasteiger partial charge in [-0.1, -0.05) is 41.6 Å². The minimum atomic E-state index is -1.57. The van der Waals surface area contributed by atoms with E-state index in [9.17, 15) is 4.79 Å². The first kappa shape index (κ1) is 27.8. The summed E-state index contributed by atoms with van der Waals surface area (Å²) in [5.74, 6) is -1.34. The molecule has 1 aromatic carbocycles. The van der Waals surface area contributed by atoms with E-state index < -0.39 is 11.7 Å². The van der Waals surface area contributed by atoms with Crippen LogP contribution in [-0.2, 0) is 42.2 Å².